The molecule has 30 heteroatoms. The van der Waals surface area contributed by atoms with Crippen LogP contribution in [0, 0.1) is 166 Å². The number of esters is 1. The molecule has 2 saturated heterocycles. The Bertz CT molecular complexity index is 3870. The number of aryl methyl sites for hydroxylation is 12. The number of hydrogen-bond donors (Lipinski definition) is 7. The predicted molar refractivity (Wildman–Crippen MR) is 495 cm³/mol. The van der Waals surface area contributed by atoms with Crippen LogP contribution in [0.5, 0.6) is 0 Å². The summed E-state index contributed by atoms with van der Waals surface area (Å²) in [6, 6.07) is 41.5. The number of rotatable bonds is 17. The van der Waals surface area contributed by atoms with Crippen molar-refractivity contribution < 1.29 is 121 Å². The molecule has 0 spiro atoms. The van der Waals surface area contributed by atoms with E-state index in [2.05, 4.69) is 66.1 Å². The Kier molecular flexibility index (Phi) is 70.6. The fourth-order valence-electron chi connectivity index (χ4n) is 11.7. The van der Waals surface area contributed by atoms with Crippen molar-refractivity contribution in [1.29, 1.82) is 0 Å². The third-order valence-corrected chi connectivity index (χ3v) is 17.9. The molecule has 0 aromatic heterocycles. The standard InChI is InChI=1S/2C15H22N2O.C13H20N2O.C12H18N2O.C12H17N2O.C10H13N2O.C9H11NO2.7ClH.2Pr/c2*1-11-7-6-8-12(2)14(11)16-15(18)13-9-4-5-10-17(13)3;1-9-6-10(2)13(11(3)7-9)14-12(16)8-15(4)5;1-9-6-5-7-10(2)12(9)13-11(15)8-14(3)4;1-8-6-5-7-9(2)11(8)14-12(15)10(3)13-4;1-7-5-3-4-6-9(7)12-10(13)8(2)11;1-2-12-9(11)7-3-5-8(10)6-4-7;;;;;;;;;/h2*6-8,13H,4-5,9-10H2,1-3H3,(H,16,18);6-7H,8H2,1-5H3,(H,14,16);5-7H,8H2,1-4H3,(H,13,15);5-7,10H,1-4H3,(H,14,15);3-6,8,11H,1-2H3,(H,12,13);3-6H,2,10H2,1H3;7*1H;;/q;;;;2*-1;;;;;;;;;;. The van der Waals surface area contributed by atoms with Gasteiger partial charge in [-0.15, -0.1) is 86.8 Å². The van der Waals surface area contributed by atoms with Gasteiger partial charge in [-0.3, -0.25) is 38.6 Å². The van der Waals surface area contributed by atoms with Crippen molar-refractivity contribution in [2.75, 3.05) is 120 Å². The normalized spacial score (nSPS) is 13.2. The number of nitrogens with one attached hydrogen (secondary N) is 7. The molecule has 4 atom stereocenters. The number of amides is 6. The zero-order chi connectivity index (χ0) is 80.2. The molecule has 21 nitrogen and oxygen atoms in total. The summed E-state index contributed by atoms with van der Waals surface area (Å²) in [4.78, 5) is 89.8. The van der Waals surface area contributed by atoms with Crippen LogP contribution in [0.1, 0.15) is 136 Å². The number of carbonyl (C=O) groups excluding carboxylic acids is 7. The van der Waals surface area contributed by atoms with Gasteiger partial charge in [0.25, 0.3) is 0 Å². The SMILES string of the molecule is CCOC(=O)c1ccc(N)cc1.C[N-]C(C)C(=O)Nc1c(C)cccc1C.Cc1cc(C)c(NC(=O)CN(C)C)c(C)c1.Cc1cccc(C)c1NC(=O)C1CCCCN1C.Cc1cccc(C)c1NC(=O)C1CCCCN1C.Cc1cccc(C)c1NC(=O)CN(C)C.Cc1ccccc1NC(=O)C(C)[NH-].Cl.Cl.Cl.Cl.Cl.Cl.Cl.[Pr].[Pr]. The molecule has 2 aliphatic rings. The van der Waals surface area contributed by atoms with Crippen LogP contribution in [-0.4, -0.2) is 167 Å². The number of nitrogens with zero attached hydrogens (tertiary/aromatic N) is 5. The Labute approximate surface area is 803 Å². The minimum atomic E-state index is -0.723. The summed E-state index contributed by atoms with van der Waals surface area (Å²) in [5, 5.41) is 21.6. The number of ether oxygens (including phenoxy) is 1. The molecule has 7 aromatic rings. The van der Waals surface area contributed by atoms with E-state index < -0.39 is 6.04 Å². The van der Waals surface area contributed by atoms with Crippen LogP contribution in [0.3, 0.4) is 0 Å². The maximum absolute atomic E-state index is 12.3. The molecule has 2 radical (unpaired) electrons. The summed E-state index contributed by atoms with van der Waals surface area (Å²) in [7, 11) is 13.2. The van der Waals surface area contributed by atoms with Crippen molar-refractivity contribution in [1.82, 2.24) is 19.6 Å². The molecule has 2 heterocycles. The smallest absolute Gasteiger partial charge is 0.338 e. The number of piperidine rings is 2. The fourth-order valence-corrected chi connectivity index (χ4v) is 11.7. The van der Waals surface area contributed by atoms with Crippen LogP contribution in [0.25, 0.3) is 11.1 Å². The van der Waals surface area contributed by atoms with Crippen LogP contribution in [0.15, 0.2) is 133 Å². The average molecular weight is 2000 g/mol. The maximum atomic E-state index is 12.3. The van der Waals surface area contributed by atoms with Crippen molar-refractivity contribution in [2.24, 2.45) is 0 Å². The molecule has 0 bridgehead atoms. The monoisotopic (exact) mass is 2000 g/mol. The van der Waals surface area contributed by atoms with Crippen LogP contribution in [0.4, 0.5) is 39.8 Å². The molecule has 6 amide bonds. The summed E-state index contributed by atoms with van der Waals surface area (Å²) in [5.41, 5.74) is 32.6. The first-order valence-corrected chi connectivity index (χ1v) is 36.7. The van der Waals surface area contributed by atoms with Crippen LogP contribution in [0.2, 0.25) is 0 Å². The van der Waals surface area contributed by atoms with E-state index in [-0.39, 0.29) is 229 Å². The first kappa shape index (κ1) is 124. The molecule has 2 fully saturated rings. The van der Waals surface area contributed by atoms with Gasteiger partial charge in [-0.2, -0.15) is 7.05 Å². The fraction of sp³-hybridized carbons (Fsp3) is 0.430. The minimum Gasteiger partial charge on any atom is -0.667 e. The number of likely N-dealkylation sites (tertiary alicyclic amines) is 2. The molecule has 4 unspecified atom stereocenters. The molecule has 116 heavy (non-hydrogen) atoms. The van der Waals surface area contributed by atoms with Gasteiger partial charge in [-0.25, -0.2) is 4.79 Å². The summed E-state index contributed by atoms with van der Waals surface area (Å²) in [6.45, 7) is 32.5. The Balaban J connectivity index is -0.000000237. The van der Waals surface area contributed by atoms with Gasteiger partial charge >= 0.3 is 5.97 Å². The molecule has 7 aromatic carbocycles. The van der Waals surface area contributed by atoms with Gasteiger partial charge in [-0.05, 0) is 263 Å². The van der Waals surface area contributed by atoms with Crippen molar-refractivity contribution in [2.45, 2.75) is 167 Å². The molecule has 9 N–H and O–H groups in total. The molecular weight excluding hydrogens is 1870 g/mol. The number of anilines is 7. The molecule has 0 saturated carbocycles. The van der Waals surface area contributed by atoms with Crippen LogP contribution in [-0.2, 0) is 33.5 Å². The average Bonchev–Trinajstić information content (AvgIpc) is 0.827. The van der Waals surface area contributed by atoms with E-state index in [9.17, 15) is 33.6 Å². The topological polar surface area (TPSA) is 278 Å². The number of benzene rings is 7. The van der Waals surface area contributed by atoms with E-state index in [1.54, 1.807) is 52.1 Å². The van der Waals surface area contributed by atoms with Crippen LogP contribution >= 0.6 is 86.8 Å². The van der Waals surface area contributed by atoms with Crippen molar-refractivity contribution >= 4 is 168 Å². The Morgan fingerprint density at radius 3 is 1.09 bits per heavy atom. The first-order chi connectivity index (χ1) is 50.5. The Morgan fingerprint density at radius 2 is 0.776 bits per heavy atom. The predicted octanol–water partition coefficient (Wildman–Crippen LogP) is 18.8. The first-order valence-electron chi connectivity index (χ1n) is 36.7. The zero-order valence-electron chi connectivity index (χ0n) is 71.9. The largest absolute Gasteiger partial charge is 0.667 e. The number of nitrogens with two attached hydrogens (primary N) is 1. The van der Waals surface area contributed by atoms with E-state index in [4.69, 9.17) is 16.2 Å². The second kappa shape index (κ2) is 65.9. The van der Waals surface area contributed by atoms with Gasteiger partial charge in [0, 0.05) is 122 Å². The Hall–Kier alpha value is -4.85. The quantitative estimate of drug-likeness (QED) is 0.0330. The van der Waals surface area contributed by atoms with E-state index in [1.165, 1.54) is 18.4 Å². The Morgan fingerprint density at radius 1 is 0.457 bits per heavy atom. The van der Waals surface area contributed by atoms with Gasteiger partial charge in [-0.1, -0.05) is 147 Å². The van der Waals surface area contributed by atoms with Gasteiger partial charge in [0.2, 0.25) is 35.4 Å². The molecule has 644 valence electrons. The number of para-hydroxylation sites is 5. The van der Waals surface area contributed by atoms with E-state index in [0.717, 1.165) is 134 Å². The minimum absolute atomic E-state index is 0. The van der Waals surface area contributed by atoms with Gasteiger partial charge in [0.15, 0.2) is 0 Å². The third kappa shape index (κ3) is 45.7. The summed E-state index contributed by atoms with van der Waals surface area (Å²) >= 11 is 0. The van der Waals surface area contributed by atoms with Gasteiger partial charge in [0.05, 0.1) is 37.3 Å². The van der Waals surface area contributed by atoms with Crippen molar-refractivity contribution in [3.05, 3.63) is 217 Å². The van der Waals surface area contributed by atoms with Gasteiger partial charge < -0.3 is 63.2 Å². The molecule has 2 aliphatic heterocycles. The summed E-state index contributed by atoms with van der Waals surface area (Å²) in [5.74, 6) is -0.316. The van der Waals surface area contributed by atoms with E-state index in [0.29, 0.717) is 30.9 Å². The van der Waals surface area contributed by atoms with E-state index in [1.807, 2.05) is 225 Å². The number of carbonyl (C=O) groups is 7. The number of hydrogen-bond acceptors (Lipinski definition) is 13. The van der Waals surface area contributed by atoms with Crippen molar-refractivity contribution in [3.8, 4) is 0 Å². The summed E-state index contributed by atoms with van der Waals surface area (Å²) in [6.07, 6.45) is 6.62. The summed E-state index contributed by atoms with van der Waals surface area (Å²) < 4.78 is 4.79. The van der Waals surface area contributed by atoms with Crippen LogP contribution < -0.4 is 37.6 Å². The number of halogens is 7. The number of nitrogen functional groups attached to an aromatic ring is 1. The number of likely N-dealkylation sites (N-methyl/N-ethyl adjacent to an activating group) is 5. The molecular formula is C86H130Cl7N13O8Pr2-2. The van der Waals surface area contributed by atoms with Gasteiger partial charge in [0.1, 0.15) is 0 Å². The maximum Gasteiger partial charge on any atom is 0.338 e. The molecule has 0 aliphatic carbocycles. The third-order valence-electron chi connectivity index (χ3n) is 17.9. The second-order valence-electron chi connectivity index (χ2n) is 28.2. The molecule has 9 rings (SSSR count). The second-order valence-corrected chi connectivity index (χ2v) is 28.2. The van der Waals surface area contributed by atoms with E-state index >= 15 is 0 Å². The van der Waals surface area contributed by atoms with Crippen molar-refractivity contribution in [3.63, 3.8) is 0 Å². The zero-order valence-corrected chi connectivity index (χ0v) is 85.0.